The number of benzene rings is 1. The topological polar surface area (TPSA) is 66.4 Å². The lowest BCUT2D eigenvalue weighted by Crippen LogP contribution is -2.38. The molecule has 1 aromatic rings. The molecule has 0 heterocycles. The van der Waals surface area contributed by atoms with Crippen LogP contribution in [0.4, 0.5) is 0 Å². The van der Waals surface area contributed by atoms with Gasteiger partial charge in [0, 0.05) is 11.1 Å². The van der Waals surface area contributed by atoms with Crippen molar-refractivity contribution in [3.8, 4) is 0 Å². The first kappa shape index (κ1) is 15.6. The zero-order valence-corrected chi connectivity index (χ0v) is 13.7. The Kier molecular flexibility index (Phi) is 4.23. The van der Waals surface area contributed by atoms with Crippen molar-refractivity contribution in [1.29, 1.82) is 0 Å². The van der Waals surface area contributed by atoms with Crippen LogP contribution in [0.2, 0.25) is 10.0 Å². The Balaban J connectivity index is 1.90. The molecule has 0 aromatic heterocycles. The minimum Gasteiger partial charge on any atom is -0.392 e. The first-order valence-electron chi connectivity index (χ1n) is 7.03. The molecule has 0 aliphatic heterocycles. The molecule has 0 amide bonds. The molecule has 0 radical (unpaired) electrons. The molecule has 0 spiro atoms. The van der Waals surface area contributed by atoms with Crippen molar-refractivity contribution in [3.63, 3.8) is 0 Å². The van der Waals surface area contributed by atoms with Gasteiger partial charge >= 0.3 is 0 Å². The standard InChI is InChI=1S/C14H17Cl2NO3S/c15-11-6-12(16)13(5-10(11)7-18)21(19,20)17-14(8-1-2-8)9-3-4-9/h5-6,8-9,14,17-18H,1-4,7H2. The fourth-order valence-corrected chi connectivity index (χ4v) is 4.86. The minimum absolute atomic E-state index is 0.0103. The van der Waals surface area contributed by atoms with E-state index in [4.69, 9.17) is 23.2 Å². The van der Waals surface area contributed by atoms with Crippen LogP contribution in [0.5, 0.6) is 0 Å². The molecule has 21 heavy (non-hydrogen) atoms. The molecule has 3 rings (SSSR count). The maximum absolute atomic E-state index is 12.6. The predicted octanol–water partition coefficient (Wildman–Crippen LogP) is 2.95. The van der Waals surface area contributed by atoms with Gasteiger partial charge in [0.25, 0.3) is 0 Å². The van der Waals surface area contributed by atoms with E-state index in [2.05, 4.69) is 4.72 Å². The lowest BCUT2D eigenvalue weighted by atomic mass is 10.1. The molecule has 2 N–H and O–H groups in total. The zero-order chi connectivity index (χ0) is 15.2. The van der Waals surface area contributed by atoms with E-state index >= 15 is 0 Å². The summed E-state index contributed by atoms with van der Waals surface area (Å²) >= 11 is 12.0. The van der Waals surface area contributed by atoms with E-state index < -0.39 is 10.0 Å². The summed E-state index contributed by atoms with van der Waals surface area (Å²) in [5.41, 5.74) is 0.357. The van der Waals surface area contributed by atoms with Gasteiger partial charge in [-0.1, -0.05) is 23.2 Å². The van der Waals surface area contributed by atoms with E-state index in [0.29, 0.717) is 17.4 Å². The van der Waals surface area contributed by atoms with Gasteiger partial charge in [-0.3, -0.25) is 0 Å². The number of hydrogen-bond acceptors (Lipinski definition) is 3. The second kappa shape index (κ2) is 5.70. The van der Waals surface area contributed by atoms with Crippen LogP contribution in [0.15, 0.2) is 17.0 Å². The lowest BCUT2D eigenvalue weighted by Gasteiger charge is -2.19. The second-order valence-electron chi connectivity index (χ2n) is 5.85. The Labute approximate surface area is 134 Å². The Bertz CT molecular complexity index is 642. The number of aliphatic hydroxyl groups excluding tert-OH is 1. The van der Waals surface area contributed by atoms with Gasteiger partial charge in [-0.15, -0.1) is 0 Å². The third-order valence-electron chi connectivity index (χ3n) is 4.11. The summed E-state index contributed by atoms with van der Waals surface area (Å²) < 4.78 is 28.0. The molecule has 2 aliphatic rings. The van der Waals surface area contributed by atoms with Crippen LogP contribution in [0.1, 0.15) is 31.2 Å². The SMILES string of the molecule is O=S(=O)(NC(C1CC1)C1CC1)c1cc(CO)c(Cl)cc1Cl. The van der Waals surface area contributed by atoms with Gasteiger partial charge in [-0.25, -0.2) is 13.1 Å². The van der Waals surface area contributed by atoms with Gasteiger partial charge in [0.1, 0.15) is 4.90 Å². The monoisotopic (exact) mass is 349 g/mol. The van der Waals surface area contributed by atoms with E-state index in [0.717, 1.165) is 25.7 Å². The number of sulfonamides is 1. The highest BCUT2D eigenvalue weighted by atomic mass is 35.5. The minimum atomic E-state index is -3.70. The van der Waals surface area contributed by atoms with Gasteiger partial charge < -0.3 is 5.11 Å². The summed E-state index contributed by atoms with van der Waals surface area (Å²) in [6.07, 6.45) is 4.33. The van der Waals surface area contributed by atoms with Gasteiger partial charge in [-0.05, 0) is 55.2 Å². The highest BCUT2D eigenvalue weighted by molar-refractivity contribution is 7.89. The van der Waals surface area contributed by atoms with E-state index in [-0.39, 0.29) is 27.6 Å². The van der Waals surface area contributed by atoms with Crippen molar-refractivity contribution in [2.75, 3.05) is 0 Å². The van der Waals surface area contributed by atoms with E-state index in [1.54, 1.807) is 0 Å². The molecular weight excluding hydrogens is 333 g/mol. The highest BCUT2D eigenvalue weighted by Crippen LogP contribution is 2.45. The van der Waals surface area contributed by atoms with Crippen molar-refractivity contribution in [2.24, 2.45) is 11.8 Å². The smallest absolute Gasteiger partial charge is 0.242 e. The first-order valence-corrected chi connectivity index (χ1v) is 9.27. The zero-order valence-electron chi connectivity index (χ0n) is 11.4. The van der Waals surface area contributed by atoms with Gasteiger partial charge in [0.15, 0.2) is 0 Å². The number of halogens is 2. The largest absolute Gasteiger partial charge is 0.392 e. The van der Waals surface area contributed by atoms with Crippen LogP contribution >= 0.6 is 23.2 Å². The molecule has 0 saturated heterocycles. The van der Waals surface area contributed by atoms with E-state index in [9.17, 15) is 13.5 Å². The van der Waals surface area contributed by atoms with Crippen molar-refractivity contribution < 1.29 is 13.5 Å². The van der Waals surface area contributed by atoms with Gasteiger partial charge in [0.05, 0.1) is 11.6 Å². The fourth-order valence-electron chi connectivity index (χ4n) is 2.63. The number of hydrogen-bond donors (Lipinski definition) is 2. The van der Waals surface area contributed by atoms with E-state index in [1.165, 1.54) is 12.1 Å². The molecule has 1 aromatic carbocycles. The third-order valence-corrected chi connectivity index (χ3v) is 6.39. The highest BCUT2D eigenvalue weighted by Gasteiger charge is 2.43. The molecule has 2 fully saturated rings. The molecule has 2 aliphatic carbocycles. The number of nitrogens with one attached hydrogen (secondary N) is 1. The van der Waals surface area contributed by atoms with Gasteiger partial charge in [0.2, 0.25) is 10.0 Å². The van der Waals surface area contributed by atoms with Crippen LogP contribution in [-0.4, -0.2) is 19.6 Å². The van der Waals surface area contributed by atoms with Crippen LogP contribution in [-0.2, 0) is 16.6 Å². The summed E-state index contributed by atoms with van der Waals surface area (Å²) in [7, 11) is -3.70. The average Bonchev–Trinajstić information content (AvgIpc) is 3.27. The summed E-state index contributed by atoms with van der Waals surface area (Å²) in [6.45, 7) is -0.326. The Morgan fingerprint density at radius 3 is 2.19 bits per heavy atom. The van der Waals surface area contributed by atoms with E-state index in [1.807, 2.05) is 0 Å². The van der Waals surface area contributed by atoms with Crippen LogP contribution in [0.3, 0.4) is 0 Å². The van der Waals surface area contributed by atoms with Gasteiger partial charge in [-0.2, -0.15) is 0 Å². The number of aliphatic hydroxyl groups is 1. The molecule has 0 atom stereocenters. The molecule has 2 saturated carbocycles. The lowest BCUT2D eigenvalue weighted by molar-refractivity contribution is 0.281. The van der Waals surface area contributed by atoms with Crippen molar-refractivity contribution >= 4 is 33.2 Å². The summed E-state index contributed by atoms with van der Waals surface area (Å²) in [6, 6.07) is 2.73. The maximum atomic E-state index is 12.6. The molecule has 0 unspecified atom stereocenters. The predicted molar refractivity (Wildman–Crippen MR) is 81.9 cm³/mol. The summed E-state index contributed by atoms with van der Waals surface area (Å²) in [5, 5.41) is 9.58. The van der Waals surface area contributed by atoms with Crippen molar-refractivity contribution in [1.82, 2.24) is 4.72 Å². The Hall–Kier alpha value is -0.330. The molecule has 0 bridgehead atoms. The fraction of sp³-hybridized carbons (Fsp3) is 0.571. The molecular formula is C14H17Cl2NO3S. The Morgan fingerprint density at radius 1 is 1.14 bits per heavy atom. The summed E-state index contributed by atoms with van der Waals surface area (Å²) in [4.78, 5) is -0.0103. The van der Waals surface area contributed by atoms with Crippen molar-refractivity contribution in [3.05, 3.63) is 27.7 Å². The second-order valence-corrected chi connectivity index (χ2v) is 8.35. The van der Waals surface area contributed by atoms with Crippen LogP contribution < -0.4 is 4.72 Å². The summed E-state index contributed by atoms with van der Waals surface area (Å²) in [5.74, 6) is 0.909. The Morgan fingerprint density at radius 2 is 1.71 bits per heavy atom. The van der Waals surface area contributed by atoms with Crippen LogP contribution in [0, 0.1) is 11.8 Å². The maximum Gasteiger partial charge on any atom is 0.242 e. The molecule has 116 valence electrons. The van der Waals surface area contributed by atoms with Crippen molar-refractivity contribution in [2.45, 2.75) is 43.2 Å². The normalized spacial score (nSPS) is 19.2. The van der Waals surface area contributed by atoms with Crippen LogP contribution in [0.25, 0.3) is 0 Å². The quantitative estimate of drug-likeness (QED) is 0.829. The molecule has 4 nitrogen and oxygen atoms in total. The first-order chi connectivity index (χ1) is 9.92. The average molecular weight is 350 g/mol. The number of rotatable bonds is 6. The third kappa shape index (κ3) is 3.37. The molecule has 7 heteroatoms.